The maximum Gasteiger partial charge on any atom is 0.142 e. The number of nitrogens with zero attached hydrogens (tertiary/aromatic N) is 1. The first kappa shape index (κ1) is 13.7. The Labute approximate surface area is 112 Å². The molecule has 18 heavy (non-hydrogen) atoms. The van der Waals surface area contributed by atoms with Crippen molar-refractivity contribution in [1.29, 1.82) is 0 Å². The van der Waals surface area contributed by atoms with Crippen LogP contribution in [-0.2, 0) is 4.74 Å². The molecular weight excluding hydrogens is 255 g/mol. The molecule has 2 atom stereocenters. The van der Waals surface area contributed by atoms with Gasteiger partial charge in [-0.2, -0.15) is 0 Å². The molecule has 1 N–H and O–H groups in total. The lowest BCUT2D eigenvalue weighted by Crippen LogP contribution is -2.47. The molecule has 1 saturated heterocycles. The van der Waals surface area contributed by atoms with E-state index in [0.717, 1.165) is 18.7 Å². The van der Waals surface area contributed by atoms with Crippen LogP contribution in [0.2, 0.25) is 5.02 Å². The molecule has 0 aliphatic carbocycles. The molecule has 0 radical (unpaired) electrons. The average molecular weight is 273 g/mol. The Bertz CT molecular complexity index is 414. The monoisotopic (exact) mass is 272 g/mol. The van der Waals surface area contributed by atoms with E-state index in [-0.39, 0.29) is 23.0 Å². The van der Waals surface area contributed by atoms with Gasteiger partial charge in [0.25, 0.3) is 0 Å². The van der Waals surface area contributed by atoms with Crippen molar-refractivity contribution in [3.63, 3.8) is 0 Å². The van der Waals surface area contributed by atoms with Gasteiger partial charge in [0.15, 0.2) is 0 Å². The summed E-state index contributed by atoms with van der Waals surface area (Å²) in [7, 11) is 3.92. The molecule has 1 fully saturated rings. The van der Waals surface area contributed by atoms with Gasteiger partial charge < -0.3 is 10.1 Å². The Morgan fingerprint density at radius 1 is 1.56 bits per heavy atom. The lowest BCUT2D eigenvalue weighted by Gasteiger charge is -2.39. The van der Waals surface area contributed by atoms with Crippen LogP contribution in [0.5, 0.6) is 0 Å². The van der Waals surface area contributed by atoms with Gasteiger partial charge in [0.05, 0.1) is 23.8 Å². The van der Waals surface area contributed by atoms with Crippen molar-refractivity contribution in [2.75, 3.05) is 33.8 Å². The number of hydrogen-bond donors (Lipinski definition) is 1. The van der Waals surface area contributed by atoms with Crippen molar-refractivity contribution in [3.05, 3.63) is 34.6 Å². The Balaban J connectivity index is 2.28. The van der Waals surface area contributed by atoms with Crippen LogP contribution in [0, 0.1) is 5.82 Å². The van der Waals surface area contributed by atoms with E-state index in [0.29, 0.717) is 6.61 Å². The molecule has 0 aromatic heterocycles. The highest BCUT2D eigenvalue weighted by Crippen LogP contribution is 2.30. The Kier molecular flexibility index (Phi) is 4.56. The predicted molar refractivity (Wildman–Crippen MR) is 70.4 cm³/mol. The third kappa shape index (κ3) is 2.83. The molecule has 0 spiro atoms. The summed E-state index contributed by atoms with van der Waals surface area (Å²) in [5.74, 6) is -0.378. The SMILES string of the molecule is CNCC1OCCN(C)C1c1ccc(Cl)c(F)c1. The minimum atomic E-state index is -0.378. The highest BCUT2D eigenvalue weighted by Gasteiger charge is 2.31. The van der Waals surface area contributed by atoms with Gasteiger partial charge in [-0.25, -0.2) is 4.39 Å². The van der Waals surface area contributed by atoms with Crippen molar-refractivity contribution in [2.24, 2.45) is 0 Å². The van der Waals surface area contributed by atoms with Crippen molar-refractivity contribution in [1.82, 2.24) is 10.2 Å². The zero-order valence-corrected chi connectivity index (χ0v) is 11.4. The normalized spacial score (nSPS) is 25.3. The standard InChI is InChI=1S/C13H18ClFN2O/c1-16-8-12-13(17(2)5-6-18-12)9-3-4-10(14)11(15)7-9/h3-4,7,12-13,16H,5-6,8H2,1-2H3. The molecule has 1 aliphatic heterocycles. The van der Waals surface area contributed by atoms with E-state index in [2.05, 4.69) is 10.2 Å². The quantitative estimate of drug-likeness (QED) is 0.912. The number of rotatable bonds is 3. The Hall–Kier alpha value is -0.680. The number of halogens is 2. The highest BCUT2D eigenvalue weighted by molar-refractivity contribution is 6.30. The fourth-order valence-electron chi connectivity index (χ4n) is 2.40. The number of ether oxygens (including phenoxy) is 1. The minimum absolute atomic E-state index is 0.0225. The highest BCUT2D eigenvalue weighted by atomic mass is 35.5. The second-order valence-corrected chi connectivity index (χ2v) is 4.97. The van der Waals surface area contributed by atoms with Crippen LogP contribution < -0.4 is 5.32 Å². The molecule has 1 aromatic carbocycles. The van der Waals surface area contributed by atoms with Crippen molar-refractivity contribution in [3.8, 4) is 0 Å². The van der Waals surface area contributed by atoms with Gasteiger partial charge in [0, 0.05) is 13.1 Å². The molecule has 1 heterocycles. The summed E-state index contributed by atoms with van der Waals surface area (Å²) in [6.07, 6.45) is 0.0225. The van der Waals surface area contributed by atoms with E-state index in [9.17, 15) is 4.39 Å². The summed E-state index contributed by atoms with van der Waals surface area (Å²) in [6, 6.07) is 5.02. The first-order valence-electron chi connectivity index (χ1n) is 6.05. The lowest BCUT2D eigenvalue weighted by atomic mass is 9.98. The van der Waals surface area contributed by atoms with Crippen LogP contribution in [0.4, 0.5) is 4.39 Å². The second-order valence-electron chi connectivity index (χ2n) is 4.57. The van der Waals surface area contributed by atoms with E-state index in [4.69, 9.17) is 16.3 Å². The lowest BCUT2D eigenvalue weighted by molar-refractivity contribution is -0.0607. The summed E-state index contributed by atoms with van der Waals surface area (Å²) in [6.45, 7) is 2.28. The molecule has 2 rings (SSSR count). The van der Waals surface area contributed by atoms with Crippen LogP contribution in [0.25, 0.3) is 0 Å². The van der Waals surface area contributed by atoms with E-state index in [1.807, 2.05) is 20.2 Å². The summed E-state index contributed by atoms with van der Waals surface area (Å²) in [5.41, 5.74) is 0.902. The smallest absolute Gasteiger partial charge is 0.142 e. The molecule has 0 bridgehead atoms. The summed E-state index contributed by atoms with van der Waals surface area (Å²) in [5, 5.41) is 3.27. The average Bonchev–Trinajstić information content (AvgIpc) is 2.34. The van der Waals surface area contributed by atoms with Crippen molar-refractivity contribution >= 4 is 11.6 Å². The Morgan fingerprint density at radius 2 is 2.33 bits per heavy atom. The first-order valence-corrected chi connectivity index (χ1v) is 6.42. The fourth-order valence-corrected chi connectivity index (χ4v) is 2.52. The predicted octanol–water partition coefficient (Wildman–Crippen LogP) is 2.07. The van der Waals surface area contributed by atoms with E-state index in [1.54, 1.807) is 6.07 Å². The molecule has 1 aliphatic rings. The molecule has 2 unspecified atom stereocenters. The fraction of sp³-hybridized carbons (Fsp3) is 0.538. The maximum atomic E-state index is 13.6. The molecular formula is C13H18ClFN2O. The van der Waals surface area contributed by atoms with Crippen LogP contribution >= 0.6 is 11.6 Å². The van der Waals surface area contributed by atoms with Crippen LogP contribution in [0.15, 0.2) is 18.2 Å². The topological polar surface area (TPSA) is 24.5 Å². The molecule has 1 aromatic rings. The molecule has 5 heteroatoms. The number of likely N-dealkylation sites (N-methyl/N-ethyl adjacent to an activating group) is 2. The van der Waals surface area contributed by atoms with Gasteiger partial charge in [-0.3, -0.25) is 4.90 Å². The largest absolute Gasteiger partial charge is 0.374 e. The second kappa shape index (κ2) is 5.97. The van der Waals surface area contributed by atoms with E-state index >= 15 is 0 Å². The van der Waals surface area contributed by atoms with Crippen LogP contribution in [-0.4, -0.2) is 44.8 Å². The number of nitrogens with one attached hydrogen (secondary N) is 1. The molecule has 0 amide bonds. The maximum absolute atomic E-state index is 13.6. The zero-order chi connectivity index (χ0) is 13.1. The third-order valence-corrected chi connectivity index (χ3v) is 3.60. The van der Waals surface area contributed by atoms with E-state index < -0.39 is 0 Å². The van der Waals surface area contributed by atoms with E-state index in [1.165, 1.54) is 6.07 Å². The number of hydrogen-bond acceptors (Lipinski definition) is 3. The molecule has 0 saturated carbocycles. The van der Waals surface area contributed by atoms with Gasteiger partial charge in [0.1, 0.15) is 5.82 Å². The van der Waals surface area contributed by atoms with Gasteiger partial charge >= 0.3 is 0 Å². The number of morpholine rings is 1. The van der Waals surface area contributed by atoms with Crippen LogP contribution in [0.3, 0.4) is 0 Å². The summed E-state index contributed by atoms with van der Waals surface area (Å²) in [4.78, 5) is 2.19. The Morgan fingerprint density at radius 3 is 3.00 bits per heavy atom. The van der Waals surface area contributed by atoms with Gasteiger partial charge in [-0.1, -0.05) is 17.7 Å². The van der Waals surface area contributed by atoms with Gasteiger partial charge in [-0.05, 0) is 31.8 Å². The zero-order valence-electron chi connectivity index (χ0n) is 10.6. The van der Waals surface area contributed by atoms with Crippen molar-refractivity contribution < 1.29 is 9.13 Å². The van der Waals surface area contributed by atoms with Crippen molar-refractivity contribution in [2.45, 2.75) is 12.1 Å². The first-order chi connectivity index (χ1) is 8.63. The minimum Gasteiger partial charge on any atom is -0.374 e. The molecule has 100 valence electrons. The summed E-state index contributed by atoms with van der Waals surface area (Å²) < 4.78 is 19.3. The van der Waals surface area contributed by atoms with Crippen LogP contribution in [0.1, 0.15) is 11.6 Å². The molecule has 3 nitrogen and oxygen atoms in total. The summed E-state index contributed by atoms with van der Waals surface area (Å²) >= 11 is 5.72. The van der Waals surface area contributed by atoms with Gasteiger partial charge in [0.2, 0.25) is 0 Å². The third-order valence-electron chi connectivity index (χ3n) is 3.29. The van der Waals surface area contributed by atoms with Gasteiger partial charge in [-0.15, -0.1) is 0 Å². The number of benzene rings is 1.